The maximum Gasteiger partial charge on any atom is 0.306 e. The first-order valence-electron chi connectivity index (χ1n) is 2.58. The molecule has 0 aromatic heterocycles. The lowest BCUT2D eigenvalue weighted by molar-refractivity contribution is -0.140. The van der Waals surface area contributed by atoms with Crippen molar-refractivity contribution in [1.29, 1.82) is 0 Å². The summed E-state index contributed by atoms with van der Waals surface area (Å²) in [7, 11) is 0. The van der Waals surface area contributed by atoms with Crippen LogP contribution in [0.2, 0.25) is 0 Å². The predicted octanol–water partition coefficient (Wildman–Crippen LogP) is 1.09. The van der Waals surface area contributed by atoms with Gasteiger partial charge in [-0.3, -0.25) is 4.79 Å². The van der Waals surface area contributed by atoms with E-state index in [2.05, 4.69) is 15.9 Å². The average Bonchev–Trinajstić information content (AvgIpc) is 2.14. The minimum atomic E-state index is -0.0607. The summed E-state index contributed by atoms with van der Waals surface area (Å²) < 4.78 is 4.82. The number of carbonyl (C=O) groups excluding carboxylic acids is 1. The van der Waals surface area contributed by atoms with E-state index in [1.54, 1.807) is 0 Å². The Morgan fingerprint density at radius 1 is 1.88 bits per heavy atom. The molecule has 2 nitrogen and oxygen atoms in total. The second-order valence-electron chi connectivity index (χ2n) is 1.80. The van der Waals surface area contributed by atoms with Crippen molar-refractivity contribution in [3.63, 3.8) is 0 Å². The van der Waals surface area contributed by atoms with E-state index in [1.165, 1.54) is 0 Å². The first-order chi connectivity index (χ1) is 3.83. The Bertz CT molecular complexity index is 103. The van der Waals surface area contributed by atoms with Gasteiger partial charge in [0.1, 0.15) is 6.10 Å². The second-order valence-corrected chi connectivity index (χ2v) is 2.45. The molecule has 0 radical (unpaired) electrons. The third kappa shape index (κ3) is 1.22. The van der Waals surface area contributed by atoms with Crippen LogP contribution in [0.5, 0.6) is 0 Å². The van der Waals surface area contributed by atoms with Crippen molar-refractivity contribution >= 4 is 21.9 Å². The number of hydrogen-bond acceptors (Lipinski definition) is 2. The summed E-state index contributed by atoms with van der Waals surface area (Å²) in [5, 5.41) is 0.777. The highest BCUT2D eigenvalue weighted by atomic mass is 79.9. The van der Waals surface area contributed by atoms with Crippen LogP contribution in [0.1, 0.15) is 12.8 Å². The molecule has 0 aliphatic carbocycles. The summed E-state index contributed by atoms with van der Waals surface area (Å²) in [6, 6.07) is 0. The van der Waals surface area contributed by atoms with Gasteiger partial charge in [-0.15, -0.1) is 0 Å². The zero-order valence-electron chi connectivity index (χ0n) is 4.39. The van der Waals surface area contributed by atoms with E-state index < -0.39 is 0 Å². The van der Waals surface area contributed by atoms with Gasteiger partial charge in [0.2, 0.25) is 0 Å². The standard InChI is InChI=1S/C5H7BrO2/c6-3-4-1-2-5(7)8-4/h4H,1-3H2/t4-/m0/s1. The van der Waals surface area contributed by atoms with Crippen LogP contribution >= 0.6 is 15.9 Å². The van der Waals surface area contributed by atoms with Crippen LogP contribution in [-0.4, -0.2) is 17.4 Å². The molecule has 1 saturated heterocycles. The van der Waals surface area contributed by atoms with Crippen molar-refractivity contribution in [3.8, 4) is 0 Å². The van der Waals surface area contributed by atoms with E-state index in [0.717, 1.165) is 11.8 Å². The summed E-state index contributed by atoms with van der Waals surface area (Å²) in [6.07, 6.45) is 1.61. The molecule has 0 saturated carbocycles. The molecule has 1 atom stereocenters. The van der Waals surface area contributed by atoms with Gasteiger partial charge in [-0.25, -0.2) is 0 Å². The molecule has 0 aromatic rings. The van der Waals surface area contributed by atoms with Gasteiger partial charge >= 0.3 is 5.97 Å². The SMILES string of the molecule is O=C1CC[C@@H](CBr)O1. The molecule has 0 N–H and O–H groups in total. The van der Waals surface area contributed by atoms with Crippen LogP contribution in [0, 0.1) is 0 Å². The molecular formula is C5H7BrO2. The van der Waals surface area contributed by atoms with Gasteiger partial charge < -0.3 is 4.74 Å². The molecule has 0 unspecified atom stereocenters. The van der Waals surface area contributed by atoms with Crippen molar-refractivity contribution in [3.05, 3.63) is 0 Å². The lowest BCUT2D eigenvalue weighted by atomic mass is 10.3. The van der Waals surface area contributed by atoms with Crippen molar-refractivity contribution in [1.82, 2.24) is 0 Å². The van der Waals surface area contributed by atoms with Crippen molar-refractivity contribution in [2.24, 2.45) is 0 Å². The Morgan fingerprint density at radius 3 is 2.88 bits per heavy atom. The molecule has 3 heteroatoms. The fraction of sp³-hybridized carbons (Fsp3) is 0.800. The fourth-order valence-electron chi connectivity index (χ4n) is 0.691. The van der Waals surface area contributed by atoms with E-state index in [9.17, 15) is 4.79 Å². The molecule has 1 heterocycles. The molecule has 1 rings (SSSR count). The molecule has 46 valence electrons. The summed E-state index contributed by atoms with van der Waals surface area (Å²) >= 11 is 3.23. The predicted molar refractivity (Wildman–Crippen MR) is 32.9 cm³/mol. The smallest absolute Gasteiger partial charge is 0.306 e. The third-order valence-corrected chi connectivity index (χ3v) is 1.86. The normalized spacial score (nSPS) is 28.1. The molecule has 0 amide bonds. The lowest BCUT2D eigenvalue weighted by Crippen LogP contribution is -2.06. The molecular weight excluding hydrogens is 172 g/mol. The van der Waals surface area contributed by atoms with Gasteiger partial charge in [-0.1, -0.05) is 15.9 Å². The monoisotopic (exact) mass is 178 g/mol. The zero-order chi connectivity index (χ0) is 5.98. The highest BCUT2D eigenvalue weighted by Gasteiger charge is 2.21. The number of rotatable bonds is 1. The Balaban J connectivity index is 2.32. The van der Waals surface area contributed by atoms with E-state index in [0.29, 0.717) is 6.42 Å². The van der Waals surface area contributed by atoms with Gasteiger partial charge in [0.15, 0.2) is 0 Å². The Labute approximate surface area is 56.3 Å². The number of esters is 1. The maximum absolute atomic E-state index is 10.4. The largest absolute Gasteiger partial charge is 0.461 e. The summed E-state index contributed by atoms with van der Waals surface area (Å²) in [4.78, 5) is 10.4. The first kappa shape index (κ1) is 6.08. The number of alkyl halides is 1. The minimum absolute atomic E-state index is 0.0607. The first-order valence-corrected chi connectivity index (χ1v) is 3.70. The number of carbonyl (C=O) groups is 1. The Morgan fingerprint density at radius 2 is 2.62 bits per heavy atom. The van der Waals surface area contributed by atoms with Gasteiger partial charge in [-0.05, 0) is 6.42 Å². The summed E-state index contributed by atoms with van der Waals surface area (Å²) in [5.74, 6) is -0.0607. The summed E-state index contributed by atoms with van der Waals surface area (Å²) in [6.45, 7) is 0. The second kappa shape index (κ2) is 2.49. The van der Waals surface area contributed by atoms with Crippen LogP contribution in [-0.2, 0) is 9.53 Å². The van der Waals surface area contributed by atoms with Crippen LogP contribution < -0.4 is 0 Å². The van der Waals surface area contributed by atoms with Crippen LogP contribution in [0.3, 0.4) is 0 Å². The molecule has 1 aliphatic heterocycles. The van der Waals surface area contributed by atoms with E-state index >= 15 is 0 Å². The lowest BCUT2D eigenvalue weighted by Gasteiger charge is -2.00. The number of hydrogen-bond donors (Lipinski definition) is 0. The van der Waals surface area contributed by atoms with E-state index in [4.69, 9.17) is 4.74 Å². The highest BCUT2D eigenvalue weighted by Crippen LogP contribution is 2.14. The van der Waals surface area contributed by atoms with Crippen LogP contribution in [0.25, 0.3) is 0 Å². The Hall–Kier alpha value is -0.0500. The van der Waals surface area contributed by atoms with Crippen molar-refractivity contribution in [2.45, 2.75) is 18.9 Å². The van der Waals surface area contributed by atoms with Crippen molar-refractivity contribution in [2.75, 3.05) is 5.33 Å². The number of ether oxygens (including phenoxy) is 1. The molecule has 0 spiro atoms. The fourth-order valence-corrected chi connectivity index (χ4v) is 1.15. The Kier molecular flexibility index (Phi) is 1.89. The maximum atomic E-state index is 10.4. The van der Waals surface area contributed by atoms with E-state index in [1.807, 2.05) is 0 Å². The van der Waals surface area contributed by atoms with E-state index in [-0.39, 0.29) is 12.1 Å². The molecule has 1 aliphatic rings. The highest BCUT2D eigenvalue weighted by molar-refractivity contribution is 9.09. The zero-order valence-corrected chi connectivity index (χ0v) is 5.98. The third-order valence-electron chi connectivity index (χ3n) is 1.14. The number of halogens is 1. The van der Waals surface area contributed by atoms with Gasteiger partial charge in [0.05, 0.1) is 0 Å². The van der Waals surface area contributed by atoms with Crippen LogP contribution in [0.4, 0.5) is 0 Å². The quantitative estimate of drug-likeness (QED) is 0.444. The molecule has 0 aromatic carbocycles. The molecule has 0 bridgehead atoms. The number of cyclic esters (lactones) is 1. The minimum Gasteiger partial charge on any atom is -0.461 e. The molecule has 1 fully saturated rings. The summed E-state index contributed by atoms with van der Waals surface area (Å²) in [5.41, 5.74) is 0. The van der Waals surface area contributed by atoms with Gasteiger partial charge in [-0.2, -0.15) is 0 Å². The van der Waals surface area contributed by atoms with Gasteiger partial charge in [0, 0.05) is 11.8 Å². The van der Waals surface area contributed by atoms with Crippen LogP contribution in [0.15, 0.2) is 0 Å². The topological polar surface area (TPSA) is 26.3 Å². The average molecular weight is 179 g/mol. The van der Waals surface area contributed by atoms with Crippen molar-refractivity contribution < 1.29 is 9.53 Å². The molecule has 8 heavy (non-hydrogen) atoms. The van der Waals surface area contributed by atoms with Gasteiger partial charge in [0.25, 0.3) is 0 Å².